The fourth-order valence-corrected chi connectivity index (χ4v) is 3.90. The molecule has 3 rings (SSSR count). The predicted molar refractivity (Wildman–Crippen MR) is 109 cm³/mol. The molecule has 3 aromatic rings. The van der Waals surface area contributed by atoms with Crippen molar-refractivity contribution in [2.75, 3.05) is 12.5 Å². The highest BCUT2D eigenvalue weighted by atomic mass is 35.5. The Bertz CT molecular complexity index is 832. The molecule has 146 valence electrons. The molecule has 3 aromatic carbocycles. The number of hydrogen-bond donors (Lipinski definition) is 0. The molecule has 0 unspecified atom stereocenters. The molecule has 0 aliphatic heterocycles. The maximum atomic E-state index is 13.4. The van der Waals surface area contributed by atoms with Crippen molar-refractivity contribution in [3.63, 3.8) is 0 Å². The van der Waals surface area contributed by atoms with Gasteiger partial charge in [0.2, 0.25) is 0 Å². The van der Waals surface area contributed by atoms with Crippen molar-refractivity contribution in [2.45, 2.75) is 6.10 Å². The van der Waals surface area contributed by atoms with Crippen molar-refractivity contribution in [1.82, 2.24) is 0 Å². The Kier molecular flexibility index (Phi) is 7.38. The van der Waals surface area contributed by atoms with E-state index in [9.17, 15) is 4.57 Å². The fourth-order valence-electron chi connectivity index (χ4n) is 2.27. The van der Waals surface area contributed by atoms with Gasteiger partial charge in [-0.15, -0.1) is 11.6 Å². The Morgan fingerprint density at radius 1 is 0.714 bits per heavy atom. The van der Waals surface area contributed by atoms with E-state index >= 15 is 0 Å². The molecular formula is C21H20ClO5P. The van der Waals surface area contributed by atoms with Crippen LogP contribution in [0.1, 0.15) is 0 Å². The van der Waals surface area contributed by atoms with Crippen LogP contribution in [0.4, 0.5) is 0 Å². The molecule has 0 saturated heterocycles. The number of ether oxygens (including phenoxy) is 1. The van der Waals surface area contributed by atoms with E-state index in [1.165, 1.54) is 0 Å². The van der Waals surface area contributed by atoms with Crippen molar-refractivity contribution >= 4 is 19.4 Å². The van der Waals surface area contributed by atoms with Gasteiger partial charge in [-0.2, -0.15) is 0 Å². The minimum Gasteiger partial charge on any atom is -0.491 e. The van der Waals surface area contributed by atoms with Crippen LogP contribution in [0.15, 0.2) is 91.0 Å². The molecule has 0 heterocycles. The van der Waals surface area contributed by atoms with E-state index in [4.69, 9.17) is 29.9 Å². The van der Waals surface area contributed by atoms with Gasteiger partial charge < -0.3 is 13.8 Å². The summed E-state index contributed by atoms with van der Waals surface area (Å²) in [6, 6.07) is 26.6. The van der Waals surface area contributed by atoms with Crippen LogP contribution in [-0.2, 0) is 9.09 Å². The number of halogens is 1. The number of benzene rings is 3. The molecule has 0 saturated carbocycles. The highest BCUT2D eigenvalue weighted by Gasteiger charge is 2.35. The summed E-state index contributed by atoms with van der Waals surface area (Å²) in [7, 11) is -4.02. The van der Waals surface area contributed by atoms with Crippen molar-refractivity contribution in [3.8, 4) is 17.2 Å². The average molecular weight is 419 g/mol. The molecule has 0 N–H and O–H groups in total. The third-order valence-electron chi connectivity index (χ3n) is 3.55. The van der Waals surface area contributed by atoms with E-state index in [1.54, 1.807) is 48.5 Å². The molecule has 1 atom stereocenters. The van der Waals surface area contributed by atoms with Gasteiger partial charge in [-0.1, -0.05) is 54.6 Å². The van der Waals surface area contributed by atoms with Crippen LogP contribution >= 0.6 is 19.4 Å². The zero-order chi connectivity index (χ0) is 19.7. The first-order valence-corrected chi connectivity index (χ1v) is 10.7. The SMILES string of the molecule is O=P(Oc1ccccc1)(Oc1ccccc1)O[C@@H](CCl)COc1ccccc1. The predicted octanol–water partition coefficient (Wildman–Crippen LogP) is 5.96. The monoisotopic (exact) mass is 418 g/mol. The lowest BCUT2D eigenvalue weighted by Gasteiger charge is -2.23. The van der Waals surface area contributed by atoms with Crippen LogP contribution < -0.4 is 13.8 Å². The first kappa shape index (κ1) is 20.3. The second-order valence-electron chi connectivity index (χ2n) is 5.76. The van der Waals surface area contributed by atoms with Crippen LogP contribution in [0.3, 0.4) is 0 Å². The highest BCUT2D eigenvalue weighted by Crippen LogP contribution is 2.50. The van der Waals surface area contributed by atoms with Gasteiger partial charge in [-0.3, -0.25) is 4.52 Å². The van der Waals surface area contributed by atoms with Crippen molar-refractivity contribution in [2.24, 2.45) is 0 Å². The number of rotatable bonds is 10. The molecule has 0 spiro atoms. The van der Waals surface area contributed by atoms with Gasteiger partial charge in [0.15, 0.2) is 0 Å². The Labute approximate surface area is 169 Å². The molecule has 7 heteroatoms. The van der Waals surface area contributed by atoms with Gasteiger partial charge in [0.1, 0.15) is 30.0 Å². The van der Waals surface area contributed by atoms with Crippen LogP contribution in [0.5, 0.6) is 17.2 Å². The maximum Gasteiger partial charge on any atom is 0.588 e. The number of hydrogen-bond acceptors (Lipinski definition) is 5. The summed E-state index contributed by atoms with van der Waals surface area (Å²) in [6.45, 7) is 0.0911. The lowest BCUT2D eigenvalue weighted by atomic mass is 10.3. The first-order valence-electron chi connectivity index (χ1n) is 8.68. The molecule has 0 bridgehead atoms. The maximum absolute atomic E-state index is 13.4. The quantitative estimate of drug-likeness (QED) is 0.300. The van der Waals surface area contributed by atoms with Gasteiger partial charge in [-0.05, 0) is 36.4 Å². The van der Waals surface area contributed by atoms with Gasteiger partial charge >= 0.3 is 7.82 Å². The molecule has 0 aliphatic rings. The first-order chi connectivity index (χ1) is 13.7. The molecule has 0 radical (unpaired) electrons. The second kappa shape index (κ2) is 10.2. The summed E-state index contributed by atoms with van der Waals surface area (Å²) in [5, 5.41) is 0. The van der Waals surface area contributed by atoms with Crippen LogP contribution in [-0.4, -0.2) is 18.6 Å². The Balaban J connectivity index is 1.73. The highest BCUT2D eigenvalue weighted by molar-refractivity contribution is 7.49. The minimum atomic E-state index is -4.02. The number of phosphoric acid groups is 1. The van der Waals surface area contributed by atoms with Crippen molar-refractivity contribution in [3.05, 3.63) is 91.0 Å². The molecule has 5 nitrogen and oxygen atoms in total. The zero-order valence-electron chi connectivity index (χ0n) is 15.0. The third kappa shape index (κ3) is 6.31. The Hall–Kier alpha value is -2.46. The van der Waals surface area contributed by atoms with E-state index in [0.717, 1.165) is 0 Å². The van der Waals surface area contributed by atoms with E-state index in [0.29, 0.717) is 17.2 Å². The normalized spacial score (nSPS) is 12.2. The Morgan fingerprint density at radius 3 is 1.57 bits per heavy atom. The smallest absolute Gasteiger partial charge is 0.491 e. The lowest BCUT2D eigenvalue weighted by Crippen LogP contribution is -2.24. The zero-order valence-corrected chi connectivity index (χ0v) is 16.7. The van der Waals surface area contributed by atoms with Gasteiger partial charge in [-0.25, -0.2) is 4.57 Å². The van der Waals surface area contributed by atoms with Crippen LogP contribution in [0.25, 0.3) is 0 Å². The average Bonchev–Trinajstić information content (AvgIpc) is 2.73. The van der Waals surface area contributed by atoms with Crippen LogP contribution in [0.2, 0.25) is 0 Å². The molecule has 0 aliphatic carbocycles. The summed E-state index contributed by atoms with van der Waals surface area (Å²) in [5.74, 6) is 1.43. The molecule has 28 heavy (non-hydrogen) atoms. The largest absolute Gasteiger partial charge is 0.588 e. The van der Waals surface area contributed by atoms with Gasteiger partial charge in [0.25, 0.3) is 0 Å². The van der Waals surface area contributed by atoms with E-state index < -0.39 is 13.9 Å². The fraction of sp³-hybridized carbons (Fsp3) is 0.143. The summed E-state index contributed by atoms with van der Waals surface area (Å²) in [5.41, 5.74) is 0. The molecule has 0 amide bonds. The van der Waals surface area contributed by atoms with Crippen molar-refractivity contribution in [1.29, 1.82) is 0 Å². The van der Waals surface area contributed by atoms with E-state index in [1.807, 2.05) is 42.5 Å². The van der Waals surface area contributed by atoms with Crippen molar-refractivity contribution < 1.29 is 22.9 Å². The molecule has 0 fully saturated rings. The lowest BCUT2D eigenvalue weighted by molar-refractivity contribution is 0.110. The Morgan fingerprint density at radius 2 is 1.14 bits per heavy atom. The van der Waals surface area contributed by atoms with Gasteiger partial charge in [0.05, 0.1) is 5.88 Å². The van der Waals surface area contributed by atoms with E-state index in [-0.39, 0.29) is 12.5 Å². The summed E-state index contributed by atoms with van der Waals surface area (Å²) >= 11 is 6.01. The molecule has 0 aromatic heterocycles. The summed E-state index contributed by atoms with van der Waals surface area (Å²) < 4.78 is 35.9. The molecular weight excluding hydrogens is 399 g/mol. The summed E-state index contributed by atoms with van der Waals surface area (Å²) in [6.07, 6.45) is -0.708. The number of alkyl halides is 1. The minimum absolute atomic E-state index is 0.0487. The third-order valence-corrected chi connectivity index (χ3v) is 5.32. The van der Waals surface area contributed by atoms with E-state index in [2.05, 4.69) is 0 Å². The standard InChI is InChI=1S/C21H20ClO5P/c22-16-21(17-24-18-10-4-1-5-11-18)27-28(23,25-19-12-6-2-7-13-19)26-20-14-8-3-9-15-20/h1-15,21H,16-17H2/t21-/m0/s1. The van der Waals surface area contributed by atoms with Gasteiger partial charge in [0, 0.05) is 0 Å². The summed E-state index contributed by atoms with van der Waals surface area (Å²) in [4.78, 5) is 0. The van der Waals surface area contributed by atoms with Crippen LogP contribution in [0, 0.1) is 0 Å². The number of phosphoric ester groups is 1. The topological polar surface area (TPSA) is 54.0 Å². The number of para-hydroxylation sites is 3. The second-order valence-corrected chi connectivity index (χ2v) is 7.54.